The van der Waals surface area contributed by atoms with Crippen molar-refractivity contribution in [3.63, 3.8) is 0 Å². The van der Waals surface area contributed by atoms with Crippen LogP contribution in [0, 0.1) is 0 Å². The molecule has 1 N–H and O–H groups in total. The van der Waals surface area contributed by atoms with Gasteiger partial charge in [0.2, 0.25) is 0 Å². The third kappa shape index (κ3) is 5.74. The second-order valence-corrected chi connectivity index (χ2v) is 3.94. The van der Waals surface area contributed by atoms with Crippen molar-refractivity contribution in [2.45, 2.75) is 26.2 Å². The molecule has 0 radical (unpaired) electrons. The van der Waals surface area contributed by atoms with Crippen molar-refractivity contribution in [1.29, 1.82) is 0 Å². The molecular formula is C11H22NO3+. The molecule has 88 valence electrons. The first-order chi connectivity index (χ1) is 7.33. The molecule has 0 aromatic carbocycles. The SMILES string of the molecule is CCCCC(=O)OCC[NH+]1CCOCC1. The van der Waals surface area contributed by atoms with E-state index >= 15 is 0 Å². The van der Waals surface area contributed by atoms with Gasteiger partial charge in [0, 0.05) is 6.42 Å². The normalized spacial score (nSPS) is 17.7. The lowest BCUT2D eigenvalue weighted by molar-refractivity contribution is -0.908. The minimum absolute atomic E-state index is 0.0514. The van der Waals surface area contributed by atoms with Crippen LogP contribution in [0.4, 0.5) is 0 Å². The first-order valence-electron chi connectivity index (χ1n) is 5.90. The van der Waals surface area contributed by atoms with Crippen LogP contribution in [0.3, 0.4) is 0 Å². The monoisotopic (exact) mass is 216 g/mol. The molecule has 1 rings (SSSR count). The van der Waals surface area contributed by atoms with Crippen molar-refractivity contribution in [3.05, 3.63) is 0 Å². The number of carbonyl (C=O) groups is 1. The van der Waals surface area contributed by atoms with E-state index in [0.29, 0.717) is 13.0 Å². The molecule has 4 heteroatoms. The van der Waals surface area contributed by atoms with Crippen LogP contribution in [0.1, 0.15) is 26.2 Å². The van der Waals surface area contributed by atoms with E-state index in [2.05, 4.69) is 6.92 Å². The molecule has 0 bridgehead atoms. The highest BCUT2D eigenvalue weighted by molar-refractivity contribution is 5.69. The maximum absolute atomic E-state index is 11.2. The van der Waals surface area contributed by atoms with E-state index in [1.807, 2.05) is 0 Å². The lowest BCUT2D eigenvalue weighted by Crippen LogP contribution is -3.14. The van der Waals surface area contributed by atoms with Gasteiger partial charge in [0.15, 0.2) is 0 Å². The fourth-order valence-corrected chi connectivity index (χ4v) is 1.61. The fraction of sp³-hybridized carbons (Fsp3) is 0.909. The number of quaternary nitrogens is 1. The molecule has 0 spiro atoms. The van der Waals surface area contributed by atoms with Gasteiger partial charge in [0.25, 0.3) is 0 Å². The molecule has 0 amide bonds. The van der Waals surface area contributed by atoms with E-state index < -0.39 is 0 Å². The third-order valence-corrected chi connectivity index (χ3v) is 2.65. The number of hydrogen-bond acceptors (Lipinski definition) is 3. The first kappa shape index (κ1) is 12.5. The van der Waals surface area contributed by atoms with E-state index in [9.17, 15) is 4.79 Å². The van der Waals surface area contributed by atoms with Gasteiger partial charge in [-0.3, -0.25) is 4.79 Å². The Morgan fingerprint density at radius 3 is 2.80 bits per heavy atom. The lowest BCUT2D eigenvalue weighted by Gasteiger charge is -2.23. The third-order valence-electron chi connectivity index (χ3n) is 2.65. The molecule has 1 fully saturated rings. The molecule has 1 heterocycles. The molecule has 1 aliphatic heterocycles. The van der Waals surface area contributed by atoms with E-state index in [-0.39, 0.29) is 5.97 Å². The van der Waals surface area contributed by atoms with Gasteiger partial charge >= 0.3 is 5.97 Å². The minimum Gasteiger partial charge on any atom is -0.460 e. The smallest absolute Gasteiger partial charge is 0.305 e. The number of rotatable bonds is 6. The molecule has 0 atom stereocenters. The number of nitrogens with one attached hydrogen (secondary N) is 1. The van der Waals surface area contributed by atoms with E-state index in [1.54, 1.807) is 0 Å². The lowest BCUT2D eigenvalue weighted by atomic mass is 10.2. The zero-order valence-electron chi connectivity index (χ0n) is 9.59. The molecule has 1 saturated heterocycles. The second kappa shape index (κ2) is 7.65. The Bertz CT molecular complexity index is 179. The standard InChI is InChI=1S/C11H21NO3/c1-2-3-4-11(13)15-10-7-12-5-8-14-9-6-12/h2-10H2,1H3/p+1. The Morgan fingerprint density at radius 2 is 2.13 bits per heavy atom. The van der Waals surface area contributed by atoms with Gasteiger partial charge in [0.05, 0.1) is 13.2 Å². The highest BCUT2D eigenvalue weighted by atomic mass is 16.5. The second-order valence-electron chi connectivity index (χ2n) is 3.94. The molecule has 0 aromatic rings. The van der Waals surface area contributed by atoms with Crippen molar-refractivity contribution in [1.82, 2.24) is 0 Å². The number of carbonyl (C=O) groups excluding carboxylic acids is 1. The Balaban J connectivity index is 1.97. The van der Waals surface area contributed by atoms with Gasteiger partial charge in [0.1, 0.15) is 26.2 Å². The number of unbranched alkanes of at least 4 members (excludes halogenated alkanes) is 1. The summed E-state index contributed by atoms with van der Waals surface area (Å²) in [4.78, 5) is 12.7. The van der Waals surface area contributed by atoms with Crippen molar-refractivity contribution in [2.75, 3.05) is 39.5 Å². The van der Waals surface area contributed by atoms with E-state index in [4.69, 9.17) is 9.47 Å². The molecular weight excluding hydrogens is 194 g/mol. The van der Waals surface area contributed by atoms with Gasteiger partial charge in [-0.2, -0.15) is 0 Å². The average molecular weight is 216 g/mol. The van der Waals surface area contributed by atoms with Gasteiger partial charge < -0.3 is 14.4 Å². The molecule has 15 heavy (non-hydrogen) atoms. The van der Waals surface area contributed by atoms with Crippen LogP contribution in [0.15, 0.2) is 0 Å². The maximum Gasteiger partial charge on any atom is 0.305 e. The van der Waals surface area contributed by atoms with Crippen LogP contribution < -0.4 is 4.90 Å². The Labute approximate surface area is 91.5 Å². The summed E-state index contributed by atoms with van der Waals surface area (Å²) in [6.07, 6.45) is 2.54. The molecule has 0 aromatic heterocycles. The predicted molar refractivity (Wildman–Crippen MR) is 56.9 cm³/mol. The summed E-state index contributed by atoms with van der Waals surface area (Å²) in [5, 5.41) is 0. The number of morpholine rings is 1. The Hall–Kier alpha value is -0.610. The van der Waals surface area contributed by atoms with Crippen molar-refractivity contribution < 1.29 is 19.2 Å². The van der Waals surface area contributed by atoms with Crippen LogP contribution in [-0.2, 0) is 14.3 Å². The summed E-state index contributed by atoms with van der Waals surface area (Å²) in [7, 11) is 0. The first-order valence-corrected chi connectivity index (χ1v) is 5.90. The Kier molecular flexibility index (Phi) is 6.36. The van der Waals surface area contributed by atoms with E-state index in [0.717, 1.165) is 45.7 Å². The summed E-state index contributed by atoms with van der Waals surface area (Å²) >= 11 is 0. The average Bonchev–Trinajstić information content (AvgIpc) is 2.28. The summed E-state index contributed by atoms with van der Waals surface area (Å²) in [6, 6.07) is 0. The molecule has 1 aliphatic rings. The van der Waals surface area contributed by atoms with Crippen LogP contribution in [0.2, 0.25) is 0 Å². The van der Waals surface area contributed by atoms with Crippen LogP contribution in [0.5, 0.6) is 0 Å². The topological polar surface area (TPSA) is 40.0 Å². The van der Waals surface area contributed by atoms with Gasteiger partial charge in [-0.15, -0.1) is 0 Å². The number of esters is 1. The van der Waals surface area contributed by atoms with Crippen LogP contribution in [0.25, 0.3) is 0 Å². The number of ether oxygens (including phenoxy) is 2. The molecule has 0 aliphatic carbocycles. The largest absolute Gasteiger partial charge is 0.460 e. The zero-order chi connectivity index (χ0) is 10.9. The fourth-order valence-electron chi connectivity index (χ4n) is 1.61. The summed E-state index contributed by atoms with van der Waals surface area (Å²) in [5.74, 6) is -0.0514. The summed E-state index contributed by atoms with van der Waals surface area (Å²) < 4.78 is 10.4. The highest BCUT2D eigenvalue weighted by Gasteiger charge is 2.13. The number of hydrogen-bond donors (Lipinski definition) is 1. The van der Waals surface area contributed by atoms with Gasteiger partial charge in [-0.25, -0.2) is 0 Å². The quantitative estimate of drug-likeness (QED) is 0.616. The highest BCUT2D eigenvalue weighted by Crippen LogP contribution is 1.95. The van der Waals surface area contributed by atoms with Crippen molar-refractivity contribution >= 4 is 5.97 Å². The van der Waals surface area contributed by atoms with Gasteiger partial charge in [-0.1, -0.05) is 13.3 Å². The Morgan fingerprint density at radius 1 is 1.40 bits per heavy atom. The maximum atomic E-state index is 11.2. The van der Waals surface area contributed by atoms with Crippen molar-refractivity contribution in [3.8, 4) is 0 Å². The van der Waals surface area contributed by atoms with Crippen LogP contribution in [-0.4, -0.2) is 45.4 Å². The summed E-state index contributed by atoms with van der Waals surface area (Å²) in [6.45, 7) is 7.28. The van der Waals surface area contributed by atoms with Gasteiger partial charge in [-0.05, 0) is 6.42 Å². The predicted octanol–water partition coefficient (Wildman–Crippen LogP) is -0.365. The van der Waals surface area contributed by atoms with E-state index in [1.165, 1.54) is 4.90 Å². The molecule has 0 unspecified atom stereocenters. The zero-order valence-corrected chi connectivity index (χ0v) is 9.59. The van der Waals surface area contributed by atoms with Crippen LogP contribution >= 0.6 is 0 Å². The molecule has 0 saturated carbocycles. The molecule has 4 nitrogen and oxygen atoms in total. The summed E-state index contributed by atoms with van der Waals surface area (Å²) in [5.41, 5.74) is 0. The van der Waals surface area contributed by atoms with Crippen molar-refractivity contribution in [2.24, 2.45) is 0 Å². The minimum atomic E-state index is -0.0514.